The van der Waals surface area contributed by atoms with Crippen LogP contribution in [0.5, 0.6) is 0 Å². The Morgan fingerprint density at radius 2 is 2.17 bits per heavy atom. The van der Waals surface area contributed by atoms with Crippen LogP contribution in [0.4, 0.5) is 0 Å². The lowest BCUT2D eigenvalue weighted by atomic mass is 9.99. The van der Waals surface area contributed by atoms with E-state index in [0.717, 1.165) is 0 Å². The summed E-state index contributed by atoms with van der Waals surface area (Å²) >= 11 is 1.92. The number of fused-ring (bicyclic) bond motifs is 1. The molecule has 0 saturated carbocycles. The number of nitrogens with two attached hydrogens (primary N) is 1. The molecule has 0 bridgehead atoms. The average Bonchev–Trinajstić information content (AvgIpc) is 2.46. The molecule has 1 aromatic rings. The van der Waals surface area contributed by atoms with Crippen LogP contribution in [0.15, 0.2) is 6.07 Å². The van der Waals surface area contributed by atoms with Crippen LogP contribution in [0.1, 0.15) is 41.1 Å². The molecule has 1 aliphatic rings. The first-order valence-corrected chi connectivity index (χ1v) is 5.46. The van der Waals surface area contributed by atoms with E-state index >= 15 is 0 Å². The smallest absolute Gasteiger partial charge is 0.0361 e. The molecule has 1 heterocycles. The van der Waals surface area contributed by atoms with Gasteiger partial charge >= 0.3 is 0 Å². The molecule has 1 aromatic heterocycles. The highest BCUT2D eigenvalue weighted by atomic mass is 32.1. The lowest BCUT2D eigenvalue weighted by molar-refractivity contribution is 0.696. The highest BCUT2D eigenvalue weighted by molar-refractivity contribution is 7.12. The van der Waals surface area contributed by atoms with Gasteiger partial charge in [0.25, 0.3) is 0 Å². The Hall–Kier alpha value is -0.340. The molecule has 0 spiro atoms. The Labute approximate surface area is 77.6 Å². The van der Waals surface area contributed by atoms with Crippen molar-refractivity contribution in [2.75, 3.05) is 0 Å². The summed E-state index contributed by atoms with van der Waals surface area (Å²) in [7, 11) is 0. The van der Waals surface area contributed by atoms with E-state index in [0.29, 0.717) is 0 Å². The second kappa shape index (κ2) is 3.19. The molecule has 1 atom stereocenters. The van der Waals surface area contributed by atoms with Crippen LogP contribution in [-0.2, 0) is 12.8 Å². The van der Waals surface area contributed by atoms with E-state index in [1.807, 2.05) is 11.3 Å². The lowest BCUT2D eigenvalue weighted by Crippen LogP contribution is -2.01. The molecule has 0 fully saturated rings. The molecule has 66 valence electrons. The zero-order chi connectivity index (χ0) is 8.55. The second-order valence-corrected chi connectivity index (χ2v) is 4.76. The predicted octanol–water partition coefficient (Wildman–Crippen LogP) is 2.65. The maximum atomic E-state index is 5.84. The van der Waals surface area contributed by atoms with Gasteiger partial charge in [0.1, 0.15) is 0 Å². The molecule has 0 amide bonds. The minimum atomic E-state index is 0.223. The van der Waals surface area contributed by atoms with Gasteiger partial charge in [-0.3, -0.25) is 0 Å². The molecule has 0 radical (unpaired) electrons. The van der Waals surface area contributed by atoms with Crippen LogP contribution in [0.2, 0.25) is 0 Å². The van der Waals surface area contributed by atoms with Gasteiger partial charge in [-0.1, -0.05) is 0 Å². The molecule has 1 nitrogen and oxygen atoms in total. The largest absolute Gasteiger partial charge is 0.324 e. The van der Waals surface area contributed by atoms with Crippen molar-refractivity contribution in [3.8, 4) is 0 Å². The van der Waals surface area contributed by atoms with Gasteiger partial charge in [0.05, 0.1) is 0 Å². The van der Waals surface area contributed by atoms with Gasteiger partial charge in [0, 0.05) is 15.8 Å². The molecule has 2 heteroatoms. The van der Waals surface area contributed by atoms with E-state index < -0.39 is 0 Å². The molecule has 0 unspecified atom stereocenters. The molecule has 12 heavy (non-hydrogen) atoms. The lowest BCUT2D eigenvalue weighted by Gasteiger charge is -2.08. The number of aryl methyl sites for hydroxylation is 2. The first kappa shape index (κ1) is 8.27. The van der Waals surface area contributed by atoms with Gasteiger partial charge in [0.15, 0.2) is 0 Å². The maximum Gasteiger partial charge on any atom is 0.0361 e. The Kier molecular flexibility index (Phi) is 2.20. The van der Waals surface area contributed by atoms with Crippen LogP contribution >= 0.6 is 11.3 Å². The van der Waals surface area contributed by atoms with Crippen molar-refractivity contribution >= 4 is 11.3 Å². The van der Waals surface area contributed by atoms with Crippen molar-refractivity contribution in [2.24, 2.45) is 5.73 Å². The summed E-state index contributed by atoms with van der Waals surface area (Å²) in [4.78, 5) is 2.95. The van der Waals surface area contributed by atoms with E-state index in [-0.39, 0.29) is 6.04 Å². The molecule has 0 saturated heterocycles. The van der Waals surface area contributed by atoms with Crippen LogP contribution in [0.25, 0.3) is 0 Å². The molecular formula is C10H15NS. The molecule has 2 rings (SSSR count). The maximum absolute atomic E-state index is 5.84. The van der Waals surface area contributed by atoms with Crippen molar-refractivity contribution < 1.29 is 0 Å². The fraction of sp³-hybridized carbons (Fsp3) is 0.600. The minimum Gasteiger partial charge on any atom is -0.324 e. The zero-order valence-corrected chi connectivity index (χ0v) is 8.29. The van der Waals surface area contributed by atoms with Gasteiger partial charge in [-0.05, 0) is 44.2 Å². The quantitative estimate of drug-likeness (QED) is 0.708. The second-order valence-electron chi connectivity index (χ2n) is 3.59. The van der Waals surface area contributed by atoms with Crippen LogP contribution in [0, 0.1) is 0 Å². The third-order valence-electron chi connectivity index (χ3n) is 2.46. The highest BCUT2D eigenvalue weighted by Gasteiger charge is 2.14. The minimum absolute atomic E-state index is 0.223. The van der Waals surface area contributed by atoms with Gasteiger partial charge < -0.3 is 5.73 Å². The monoisotopic (exact) mass is 181 g/mol. The van der Waals surface area contributed by atoms with Crippen LogP contribution in [0.3, 0.4) is 0 Å². The Bertz CT molecular complexity index is 252. The van der Waals surface area contributed by atoms with E-state index in [2.05, 4.69) is 13.0 Å². The van der Waals surface area contributed by atoms with E-state index in [1.165, 1.54) is 30.6 Å². The van der Waals surface area contributed by atoms with Crippen molar-refractivity contribution in [1.29, 1.82) is 0 Å². The molecular weight excluding hydrogens is 166 g/mol. The molecule has 0 aliphatic heterocycles. The summed E-state index contributed by atoms with van der Waals surface area (Å²) < 4.78 is 0. The SMILES string of the molecule is C[C@@H](N)c1cc2c(s1)CCCC2. The number of hydrogen-bond acceptors (Lipinski definition) is 2. The van der Waals surface area contributed by atoms with Crippen molar-refractivity contribution in [3.05, 3.63) is 21.4 Å². The Balaban J connectivity index is 2.32. The number of hydrogen-bond donors (Lipinski definition) is 1. The fourth-order valence-corrected chi connectivity index (χ4v) is 2.95. The summed E-state index contributed by atoms with van der Waals surface area (Å²) in [5.74, 6) is 0. The van der Waals surface area contributed by atoms with Gasteiger partial charge in [-0.25, -0.2) is 0 Å². The van der Waals surface area contributed by atoms with Crippen LogP contribution in [-0.4, -0.2) is 0 Å². The third-order valence-corrected chi connectivity index (χ3v) is 3.90. The van der Waals surface area contributed by atoms with Gasteiger partial charge in [-0.15, -0.1) is 11.3 Å². The van der Waals surface area contributed by atoms with E-state index in [4.69, 9.17) is 5.73 Å². The summed E-state index contributed by atoms with van der Waals surface area (Å²) in [5, 5.41) is 0. The zero-order valence-electron chi connectivity index (χ0n) is 7.47. The van der Waals surface area contributed by atoms with Crippen molar-refractivity contribution in [2.45, 2.75) is 38.6 Å². The molecule has 0 aromatic carbocycles. The Morgan fingerprint density at radius 3 is 2.83 bits per heavy atom. The first-order chi connectivity index (χ1) is 5.77. The summed E-state index contributed by atoms with van der Waals surface area (Å²) in [6.45, 7) is 2.07. The normalized spacial score (nSPS) is 18.8. The highest BCUT2D eigenvalue weighted by Crippen LogP contribution is 2.31. The van der Waals surface area contributed by atoms with Crippen LogP contribution < -0.4 is 5.73 Å². The van der Waals surface area contributed by atoms with E-state index in [9.17, 15) is 0 Å². The molecule has 2 N–H and O–H groups in total. The van der Waals surface area contributed by atoms with Gasteiger partial charge in [0.2, 0.25) is 0 Å². The first-order valence-electron chi connectivity index (χ1n) is 4.64. The molecule has 1 aliphatic carbocycles. The number of rotatable bonds is 1. The summed E-state index contributed by atoms with van der Waals surface area (Å²) in [6, 6.07) is 2.53. The van der Waals surface area contributed by atoms with Crippen molar-refractivity contribution in [1.82, 2.24) is 0 Å². The average molecular weight is 181 g/mol. The topological polar surface area (TPSA) is 26.0 Å². The van der Waals surface area contributed by atoms with Gasteiger partial charge in [-0.2, -0.15) is 0 Å². The summed E-state index contributed by atoms with van der Waals surface area (Å²) in [6.07, 6.45) is 5.29. The fourth-order valence-electron chi connectivity index (χ4n) is 1.74. The third kappa shape index (κ3) is 1.41. The van der Waals surface area contributed by atoms with Crippen molar-refractivity contribution in [3.63, 3.8) is 0 Å². The Morgan fingerprint density at radius 1 is 1.42 bits per heavy atom. The summed E-state index contributed by atoms with van der Waals surface area (Å²) in [5.41, 5.74) is 7.40. The number of thiophene rings is 1. The van der Waals surface area contributed by atoms with E-state index in [1.54, 1.807) is 10.4 Å². The standard InChI is InChI=1S/C10H15NS/c1-7(11)10-6-8-4-2-3-5-9(8)12-10/h6-7H,2-5,11H2,1H3/t7-/m1/s1. The predicted molar refractivity (Wildman–Crippen MR) is 53.6 cm³/mol.